The van der Waals surface area contributed by atoms with E-state index in [0.717, 1.165) is 16.5 Å². The number of anilines is 2. The lowest BCUT2D eigenvalue weighted by Gasteiger charge is -2.00. The summed E-state index contributed by atoms with van der Waals surface area (Å²) in [5.41, 5.74) is 6.72. The summed E-state index contributed by atoms with van der Waals surface area (Å²) in [6.45, 7) is 4.51. The lowest BCUT2D eigenvalue weighted by atomic mass is 10.5. The first-order valence-corrected chi connectivity index (χ1v) is 5.50. The van der Waals surface area contributed by atoms with E-state index < -0.39 is 0 Å². The summed E-state index contributed by atoms with van der Waals surface area (Å²) in [4.78, 5) is 11.5. The summed E-state index contributed by atoms with van der Waals surface area (Å²) in [5, 5.41) is 6.23. The normalized spacial score (nSPS) is 10.5. The molecular formula is C9H13N5S. The molecule has 2 heterocycles. The van der Waals surface area contributed by atoms with E-state index in [9.17, 15) is 0 Å². The molecule has 0 saturated heterocycles. The van der Waals surface area contributed by atoms with Gasteiger partial charge in [0.2, 0.25) is 0 Å². The van der Waals surface area contributed by atoms with E-state index >= 15 is 0 Å². The van der Waals surface area contributed by atoms with Gasteiger partial charge in [0.15, 0.2) is 5.82 Å². The van der Waals surface area contributed by atoms with Crippen molar-refractivity contribution in [3.8, 4) is 0 Å². The summed E-state index contributed by atoms with van der Waals surface area (Å²) in [5.74, 6) is 2.07. The molecule has 6 heteroatoms. The molecule has 0 fully saturated rings. The zero-order chi connectivity index (χ0) is 10.8. The van der Waals surface area contributed by atoms with Gasteiger partial charge in [0.1, 0.15) is 11.6 Å². The summed E-state index contributed by atoms with van der Waals surface area (Å²) >= 11 is 1.64. The number of aromatic amines is 1. The van der Waals surface area contributed by atoms with Crippen LogP contribution >= 0.6 is 11.3 Å². The fourth-order valence-corrected chi connectivity index (χ4v) is 1.92. The van der Waals surface area contributed by atoms with Crippen molar-refractivity contribution < 1.29 is 0 Å². The number of aryl methyl sites for hydroxylation is 2. The fraction of sp³-hybridized carbons (Fsp3) is 0.333. The van der Waals surface area contributed by atoms with Crippen LogP contribution in [-0.4, -0.2) is 15.0 Å². The molecule has 0 unspecified atom stereocenters. The Morgan fingerprint density at radius 3 is 2.80 bits per heavy atom. The standard InChI is InChI=1S/C9H13N5S/c1-5-12-8(10)9(13-5)11-3-7-4-15-6(2)14-7/h4,11H,3,10H2,1-2H3,(H,12,13). The number of hydrogen-bond donors (Lipinski definition) is 3. The van der Waals surface area contributed by atoms with Crippen molar-refractivity contribution in [2.24, 2.45) is 0 Å². The van der Waals surface area contributed by atoms with E-state index in [1.165, 1.54) is 0 Å². The first-order valence-electron chi connectivity index (χ1n) is 4.62. The van der Waals surface area contributed by atoms with Crippen molar-refractivity contribution in [3.63, 3.8) is 0 Å². The lowest BCUT2D eigenvalue weighted by molar-refractivity contribution is 1.04. The molecular weight excluding hydrogens is 210 g/mol. The minimum Gasteiger partial charge on any atom is -0.382 e. The number of nitrogens with zero attached hydrogens (tertiary/aromatic N) is 2. The maximum Gasteiger partial charge on any atom is 0.169 e. The van der Waals surface area contributed by atoms with Crippen LogP contribution in [-0.2, 0) is 6.54 Å². The topological polar surface area (TPSA) is 79.6 Å². The predicted molar refractivity (Wildman–Crippen MR) is 61.9 cm³/mol. The number of imidazole rings is 1. The zero-order valence-electron chi connectivity index (χ0n) is 8.66. The Kier molecular flexibility index (Phi) is 2.59. The minimum absolute atomic E-state index is 0.569. The van der Waals surface area contributed by atoms with Gasteiger partial charge in [0.05, 0.1) is 17.2 Å². The predicted octanol–water partition coefficient (Wildman–Crippen LogP) is 1.68. The van der Waals surface area contributed by atoms with Crippen LogP contribution in [0, 0.1) is 13.8 Å². The molecule has 0 aromatic carbocycles. The molecule has 0 aliphatic rings. The number of nitrogens with two attached hydrogens (primary N) is 1. The largest absolute Gasteiger partial charge is 0.382 e. The molecule has 2 rings (SSSR count). The van der Waals surface area contributed by atoms with Gasteiger partial charge in [0.25, 0.3) is 0 Å². The third-order valence-electron chi connectivity index (χ3n) is 1.95. The number of H-pyrrole nitrogens is 1. The van der Waals surface area contributed by atoms with E-state index in [0.29, 0.717) is 18.2 Å². The van der Waals surface area contributed by atoms with E-state index in [4.69, 9.17) is 5.73 Å². The van der Waals surface area contributed by atoms with Gasteiger partial charge < -0.3 is 16.0 Å². The molecule has 2 aromatic heterocycles. The van der Waals surface area contributed by atoms with Crippen molar-refractivity contribution in [2.75, 3.05) is 11.1 Å². The Hall–Kier alpha value is -1.56. The number of aromatic nitrogens is 3. The first kappa shape index (κ1) is 9.97. The van der Waals surface area contributed by atoms with Crippen LogP contribution in [0.3, 0.4) is 0 Å². The number of nitrogens with one attached hydrogen (secondary N) is 2. The second kappa shape index (κ2) is 3.90. The van der Waals surface area contributed by atoms with Gasteiger partial charge >= 0.3 is 0 Å². The van der Waals surface area contributed by atoms with Crippen LogP contribution < -0.4 is 11.1 Å². The van der Waals surface area contributed by atoms with Crippen molar-refractivity contribution >= 4 is 23.0 Å². The SMILES string of the molecule is Cc1nc(NCc2csc(C)n2)c(N)[nH]1. The van der Waals surface area contributed by atoms with E-state index in [2.05, 4.69) is 20.3 Å². The smallest absolute Gasteiger partial charge is 0.169 e. The summed E-state index contributed by atoms with van der Waals surface area (Å²) in [6, 6.07) is 0. The van der Waals surface area contributed by atoms with Crippen LogP contribution in [0.5, 0.6) is 0 Å². The van der Waals surface area contributed by atoms with Gasteiger partial charge in [-0.2, -0.15) is 0 Å². The van der Waals surface area contributed by atoms with E-state index in [-0.39, 0.29) is 0 Å². The number of thiazole rings is 1. The zero-order valence-corrected chi connectivity index (χ0v) is 9.48. The quantitative estimate of drug-likeness (QED) is 0.739. The molecule has 0 spiro atoms. The Morgan fingerprint density at radius 2 is 2.27 bits per heavy atom. The summed E-state index contributed by atoms with van der Waals surface area (Å²) in [6.07, 6.45) is 0. The maximum atomic E-state index is 5.71. The second-order valence-corrected chi connectivity index (χ2v) is 4.36. The van der Waals surface area contributed by atoms with Crippen molar-refractivity contribution in [1.82, 2.24) is 15.0 Å². The monoisotopic (exact) mass is 223 g/mol. The van der Waals surface area contributed by atoms with Gasteiger partial charge in [-0.1, -0.05) is 0 Å². The van der Waals surface area contributed by atoms with Gasteiger partial charge in [-0.05, 0) is 13.8 Å². The van der Waals surface area contributed by atoms with E-state index in [1.807, 2.05) is 19.2 Å². The number of hydrogen-bond acceptors (Lipinski definition) is 5. The van der Waals surface area contributed by atoms with Crippen LogP contribution in [0.1, 0.15) is 16.5 Å². The number of rotatable bonds is 3. The van der Waals surface area contributed by atoms with E-state index in [1.54, 1.807) is 11.3 Å². The maximum absolute atomic E-state index is 5.71. The third-order valence-corrected chi connectivity index (χ3v) is 2.78. The first-order chi connectivity index (χ1) is 7.15. The molecule has 80 valence electrons. The molecule has 0 aliphatic heterocycles. The molecule has 0 atom stereocenters. The van der Waals surface area contributed by atoms with Crippen molar-refractivity contribution in [1.29, 1.82) is 0 Å². The molecule has 0 saturated carbocycles. The molecule has 4 N–H and O–H groups in total. The Labute approximate surface area is 91.8 Å². The summed E-state index contributed by atoms with van der Waals surface area (Å²) < 4.78 is 0. The highest BCUT2D eigenvalue weighted by Crippen LogP contribution is 2.15. The second-order valence-electron chi connectivity index (χ2n) is 3.30. The van der Waals surface area contributed by atoms with Crippen LogP contribution in [0.25, 0.3) is 0 Å². The van der Waals surface area contributed by atoms with Crippen molar-refractivity contribution in [3.05, 3.63) is 21.9 Å². The molecule has 0 aliphatic carbocycles. The highest BCUT2D eigenvalue weighted by atomic mass is 32.1. The average molecular weight is 223 g/mol. The Morgan fingerprint density at radius 1 is 1.47 bits per heavy atom. The molecule has 0 radical (unpaired) electrons. The highest BCUT2D eigenvalue weighted by molar-refractivity contribution is 7.09. The summed E-state index contributed by atoms with van der Waals surface area (Å²) in [7, 11) is 0. The van der Waals surface area contributed by atoms with Gasteiger partial charge in [-0.25, -0.2) is 9.97 Å². The van der Waals surface area contributed by atoms with Gasteiger partial charge in [-0.3, -0.25) is 0 Å². The average Bonchev–Trinajstić information content (AvgIpc) is 2.70. The molecule has 5 nitrogen and oxygen atoms in total. The molecule has 2 aromatic rings. The fourth-order valence-electron chi connectivity index (χ4n) is 1.31. The lowest BCUT2D eigenvalue weighted by Crippen LogP contribution is -2.02. The Balaban J connectivity index is 2.01. The van der Waals surface area contributed by atoms with Gasteiger partial charge in [-0.15, -0.1) is 11.3 Å². The van der Waals surface area contributed by atoms with Crippen molar-refractivity contribution in [2.45, 2.75) is 20.4 Å². The molecule has 0 amide bonds. The third kappa shape index (κ3) is 2.27. The Bertz CT molecular complexity index is 459. The van der Waals surface area contributed by atoms with Crippen LogP contribution in [0.2, 0.25) is 0 Å². The molecule has 0 bridgehead atoms. The molecule has 15 heavy (non-hydrogen) atoms. The minimum atomic E-state index is 0.569. The van der Waals surface area contributed by atoms with Crippen LogP contribution in [0.4, 0.5) is 11.6 Å². The van der Waals surface area contributed by atoms with Gasteiger partial charge in [0, 0.05) is 5.38 Å². The number of nitrogen functional groups attached to an aromatic ring is 1. The van der Waals surface area contributed by atoms with Crippen LogP contribution in [0.15, 0.2) is 5.38 Å². The highest BCUT2D eigenvalue weighted by Gasteiger charge is 2.04.